The lowest BCUT2D eigenvalue weighted by Crippen LogP contribution is -2.29. The normalized spacial score (nSPS) is 11.5. The highest BCUT2D eigenvalue weighted by Gasteiger charge is 2.12. The van der Waals surface area contributed by atoms with E-state index in [1.54, 1.807) is 31.4 Å². The molecule has 2 aromatic carbocycles. The third kappa shape index (κ3) is 6.38. The molecule has 2 amide bonds. The van der Waals surface area contributed by atoms with Crippen molar-refractivity contribution < 1.29 is 14.3 Å². The number of ether oxygens (including phenoxy) is 1. The van der Waals surface area contributed by atoms with Gasteiger partial charge in [0.05, 0.1) is 24.7 Å². The number of rotatable bonds is 8. The van der Waals surface area contributed by atoms with Crippen LogP contribution < -0.4 is 15.4 Å². The molecule has 26 heavy (non-hydrogen) atoms. The molecule has 0 saturated carbocycles. The second-order valence-electron chi connectivity index (χ2n) is 5.58. The molecule has 1 unspecified atom stereocenters. The molecule has 0 saturated heterocycles. The average Bonchev–Trinajstić information content (AvgIpc) is 2.62. The predicted octanol–water partition coefficient (Wildman–Crippen LogP) is 4.01. The van der Waals surface area contributed by atoms with Gasteiger partial charge in [-0.05, 0) is 42.8 Å². The Morgan fingerprint density at radius 2 is 1.73 bits per heavy atom. The van der Waals surface area contributed by atoms with Crippen LogP contribution in [-0.2, 0) is 9.59 Å². The van der Waals surface area contributed by atoms with Crippen molar-refractivity contribution in [3.63, 3.8) is 0 Å². The summed E-state index contributed by atoms with van der Waals surface area (Å²) in [4.78, 5) is 24.0. The second-order valence-corrected chi connectivity index (χ2v) is 7.42. The smallest absolute Gasteiger partial charge is 0.234 e. The van der Waals surface area contributed by atoms with E-state index in [0.29, 0.717) is 5.69 Å². The Labute approximate surface area is 166 Å². The number of thioether (sulfide) groups is 1. The first-order valence-electron chi connectivity index (χ1n) is 8.05. The first-order valence-corrected chi connectivity index (χ1v) is 10.00. The summed E-state index contributed by atoms with van der Waals surface area (Å²) < 4.78 is 6.03. The largest absolute Gasteiger partial charge is 0.497 e. The third-order valence-electron chi connectivity index (χ3n) is 3.59. The summed E-state index contributed by atoms with van der Waals surface area (Å²) in [6.45, 7) is 1.93. The lowest BCUT2D eigenvalue weighted by Gasteiger charge is -2.15. The highest BCUT2D eigenvalue weighted by atomic mass is 79.9. The van der Waals surface area contributed by atoms with Crippen LogP contribution >= 0.6 is 27.7 Å². The molecule has 0 fully saturated rings. The molecule has 0 aliphatic heterocycles. The lowest BCUT2D eigenvalue weighted by molar-refractivity contribution is -0.119. The van der Waals surface area contributed by atoms with Crippen molar-refractivity contribution in [3.8, 4) is 5.75 Å². The van der Waals surface area contributed by atoms with E-state index >= 15 is 0 Å². The van der Waals surface area contributed by atoms with Crippen LogP contribution in [0.2, 0.25) is 0 Å². The maximum atomic E-state index is 12.1. The van der Waals surface area contributed by atoms with Gasteiger partial charge in [0.2, 0.25) is 11.8 Å². The topological polar surface area (TPSA) is 67.4 Å². The highest BCUT2D eigenvalue weighted by molar-refractivity contribution is 9.10. The van der Waals surface area contributed by atoms with E-state index < -0.39 is 0 Å². The van der Waals surface area contributed by atoms with E-state index in [9.17, 15) is 9.59 Å². The molecule has 0 heterocycles. The van der Waals surface area contributed by atoms with Gasteiger partial charge >= 0.3 is 0 Å². The van der Waals surface area contributed by atoms with Gasteiger partial charge in [0.15, 0.2) is 0 Å². The molecule has 0 radical (unpaired) electrons. The van der Waals surface area contributed by atoms with Crippen LogP contribution in [0.5, 0.6) is 5.75 Å². The number of halogens is 1. The Morgan fingerprint density at radius 1 is 1.08 bits per heavy atom. The van der Waals surface area contributed by atoms with Crippen molar-refractivity contribution in [2.45, 2.75) is 13.0 Å². The predicted molar refractivity (Wildman–Crippen MR) is 110 cm³/mol. The quantitative estimate of drug-likeness (QED) is 0.655. The number of hydrogen-bond donors (Lipinski definition) is 2. The highest BCUT2D eigenvalue weighted by Crippen LogP contribution is 2.22. The monoisotopic (exact) mass is 436 g/mol. The van der Waals surface area contributed by atoms with Crippen molar-refractivity contribution in [2.24, 2.45) is 0 Å². The van der Waals surface area contributed by atoms with Gasteiger partial charge in [-0.1, -0.05) is 34.1 Å². The first-order chi connectivity index (χ1) is 12.5. The van der Waals surface area contributed by atoms with Gasteiger partial charge in [-0.3, -0.25) is 9.59 Å². The Hall–Kier alpha value is -1.99. The molecule has 138 valence electrons. The minimum atomic E-state index is -0.146. The Morgan fingerprint density at radius 3 is 2.38 bits per heavy atom. The van der Waals surface area contributed by atoms with Crippen LogP contribution in [0.3, 0.4) is 0 Å². The zero-order chi connectivity index (χ0) is 18.9. The molecule has 2 aromatic rings. The van der Waals surface area contributed by atoms with Crippen LogP contribution in [0.1, 0.15) is 18.5 Å². The fraction of sp³-hybridized carbons (Fsp3) is 0.263. The number of amides is 2. The van der Waals surface area contributed by atoms with Gasteiger partial charge in [-0.2, -0.15) is 0 Å². The van der Waals surface area contributed by atoms with Crippen molar-refractivity contribution in [3.05, 3.63) is 58.6 Å². The van der Waals surface area contributed by atoms with E-state index in [1.165, 1.54) is 11.8 Å². The van der Waals surface area contributed by atoms with E-state index in [0.717, 1.165) is 15.8 Å². The summed E-state index contributed by atoms with van der Waals surface area (Å²) in [6.07, 6.45) is 0. The number of anilines is 1. The minimum absolute atomic E-state index is 0.101. The molecule has 1 atom stereocenters. The maximum Gasteiger partial charge on any atom is 0.234 e. The van der Waals surface area contributed by atoms with Crippen molar-refractivity contribution >= 4 is 45.2 Å². The van der Waals surface area contributed by atoms with Crippen LogP contribution in [0.15, 0.2) is 53.0 Å². The van der Waals surface area contributed by atoms with Gasteiger partial charge in [-0.15, -0.1) is 11.8 Å². The summed E-state index contributed by atoms with van der Waals surface area (Å²) >= 11 is 4.76. The molecule has 0 aliphatic rings. The molecular formula is C19H21BrN2O3S. The fourth-order valence-corrected chi connectivity index (χ4v) is 3.55. The molecule has 0 spiro atoms. The molecule has 5 nitrogen and oxygen atoms in total. The van der Waals surface area contributed by atoms with Gasteiger partial charge in [0.25, 0.3) is 0 Å². The number of hydrogen-bond acceptors (Lipinski definition) is 4. The van der Waals surface area contributed by atoms with Gasteiger partial charge in [-0.25, -0.2) is 0 Å². The number of methoxy groups -OCH3 is 1. The summed E-state index contributed by atoms with van der Waals surface area (Å²) in [5.41, 5.74) is 1.71. The molecule has 2 N–H and O–H groups in total. The molecular weight excluding hydrogens is 416 g/mol. The summed E-state index contributed by atoms with van der Waals surface area (Å²) in [5, 5.41) is 5.73. The number of nitrogens with one attached hydrogen (secondary N) is 2. The van der Waals surface area contributed by atoms with E-state index in [-0.39, 0.29) is 29.4 Å². The first kappa shape index (κ1) is 20.3. The SMILES string of the molecule is COc1ccc(NC(=O)CSCC(=O)NC(C)c2ccccc2Br)cc1. The van der Waals surface area contributed by atoms with Crippen LogP contribution in [0.4, 0.5) is 5.69 Å². The third-order valence-corrected chi connectivity index (χ3v) is 5.24. The van der Waals surface area contributed by atoms with Gasteiger partial charge in [0, 0.05) is 10.2 Å². The maximum absolute atomic E-state index is 12.1. The molecule has 0 aliphatic carbocycles. The zero-order valence-electron chi connectivity index (χ0n) is 14.6. The Kier molecular flexibility index (Phi) is 8.00. The average molecular weight is 437 g/mol. The van der Waals surface area contributed by atoms with Crippen molar-refractivity contribution in [2.75, 3.05) is 23.9 Å². The summed E-state index contributed by atoms with van der Waals surface area (Å²) in [6, 6.07) is 14.8. The van der Waals surface area contributed by atoms with E-state index in [4.69, 9.17) is 4.74 Å². The number of carbonyl (C=O) groups excluding carboxylic acids is 2. The number of carbonyl (C=O) groups is 2. The van der Waals surface area contributed by atoms with Crippen LogP contribution in [0, 0.1) is 0 Å². The van der Waals surface area contributed by atoms with Gasteiger partial charge < -0.3 is 15.4 Å². The summed E-state index contributed by atoms with van der Waals surface area (Å²) in [5.74, 6) is 0.920. The minimum Gasteiger partial charge on any atom is -0.497 e. The van der Waals surface area contributed by atoms with Crippen molar-refractivity contribution in [1.82, 2.24) is 5.32 Å². The lowest BCUT2D eigenvalue weighted by atomic mass is 10.1. The van der Waals surface area contributed by atoms with Gasteiger partial charge in [0.1, 0.15) is 5.75 Å². The van der Waals surface area contributed by atoms with E-state index in [1.807, 2.05) is 31.2 Å². The molecule has 2 rings (SSSR count). The second kappa shape index (κ2) is 10.2. The molecule has 7 heteroatoms. The zero-order valence-corrected chi connectivity index (χ0v) is 17.0. The Bertz CT molecular complexity index is 753. The van der Waals surface area contributed by atoms with Crippen LogP contribution in [0.25, 0.3) is 0 Å². The molecule has 0 aromatic heterocycles. The Balaban J connectivity index is 1.72. The molecule has 0 bridgehead atoms. The standard InChI is InChI=1S/C19H21BrN2O3S/c1-13(16-5-3-4-6-17(16)20)21-18(23)11-26-12-19(24)22-14-7-9-15(25-2)10-8-14/h3-10,13H,11-12H2,1-2H3,(H,21,23)(H,22,24). The van der Waals surface area contributed by atoms with Crippen molar-refractivity contribution in [1.29, 1.82) is 0 Å². The van der Waals surface area contributed by atoms with E-state index in [2.05, 4.69) is 26.6 Å². The summed E-state index contributed by atoms with van der Waals surface area (Å²) in [7, 11) is 1.59. The van der Waals surface area contributed by atoms with Crippen LogP contribution in [-0.4, -0.2) is 30.4 Å². The fourth-order valence-electron chi connectivity index (χ4n) is 2.30. The number of benzene rings is 2.